The van der Waals surface area contributed by atoms with Crippen LogP contribution < -0.4 is 0 Å². The molecule has 1 amide bonds. The first kappa shape index (κ1) is 14.8. The van der Waals surface area contributed by atoms with Crippen LogP contribution >= 0.6 is 27.3 Å². The second-order valence-electron chi connectivity index (χ2n) is 5.56. The highest BCUT2D eigenvalue weighted by molar-refractivity contribution is 9.10. The Bertz CT molecular complexity index is 634. The number of hydrogen-bond donors (Lipinski definition) is 0. The molecule has 1 aliphatic carbocycles. The lowest BCUT2D eigenvalue weighted by Crippen LogP contribution is -2.32. The first-order valence-corrected chi connectivity index (χ1v) is 8.88. The molecule has 0 aliphatic heterocycles. The van der Waals surface area contributed by atoms with E-state index in [1.807, 2.05) is 24.1 Å². The average Bonchev–Trinajstić information content (AvgIpc) is 2.97. The van der Waals surface area contributed by atoms with Crippen molar-refractivity contribution in [1.82, 2.24) is 4.90 Å². The SMILES string of the molecule is CN(Cc1ccc(Br)cc1)C(=O)C1CCCc2sccc21. The van der Waals surface area contributed by atoms with Gasteiger partial charge in [0.1, 0.15) is 0 Å². The number of aryl methyl sites for hydroxylation is 1. The number of nitrogens with zero attached hydrogens (tertiary/aromatic N) is 1. The van der Waals surface area contributed by atoms with E-state index in [0.717, 1.165) is 29.3 Å². The van der Waals surface area contributed by atoms with Gasteiger partial charge in [-0.15, -0.1) is 11.3 Å². The molecule has 1 aromatic heterocycles. The van der Waals surface area contributed by atoms with E-state index in [1.54, 1.807) is 11.3 Å². The van der Waals surface area contributed by atoms with Crippen LogP contribution in [0.15, 0.2) is 40.2 Å². The molecule has 0 N–H and O–H groups in total. The molecular weight excluding hydrogens is 346 g/mol. The Kier molecular flexibility index (Phi) is 4.45. The first-order valence-electron chi connectivity index (χ1n) is 7.21. The summed E-state index contributed by atoms with van der Waals surface area (Å²) in [5.41, 5.74) is 2.43. The minimum atomic E-state index is 0.0560. The Hall–Kier alpha value is -1.13. The number of fused-ring (bicyclic) bond motifs is 1. The van der Waals surface area contributed by atoms with E-state index >= 15 is 0 Å². The van der Waals surface area contributed by atoms with Gasteiger partial charge in [0.25, 0.3) is 0 Å². The number of likely N-dealkylation sites (N-methyl/N-ethyl adjacent to an activating group) is 1. The predicted molar refractivity (Wildman–Crippen MR) is 90.6 cm³/mol. The van der Waals surface area contributed by atoms with Crippen molar-refractivity contribution in [1.29, 1.82) is 0 Å². The van der Waals surface area contributed by atoms with Crippen LogP contribution in [0.5, 0.6) is 0 Å². The Morgan fingerprint density at radius 2 is 2.10 bits per heavy atom. The lowest BCUT2D eigenvalue weighted by Gasteiger charge is -2.27. The quantitative estimate of drug-likeness (QED) is 0.780. The van der Waals surface area contributed by atoms with Crippen LogP contribution in [-0.2, 0) is 17.8 Å². The van der Waals surface area contributed by atoms with Crippen molar-refractivity contribution in [3.05, 3.63) is 56.2 Å². The third kappa shape index (κ3) is 3.22. The zero-order chi connectivity index (χ0) is 14.8. The van der Waals surface area contributed by atoms with Crippen LogP contribution in [0.3, 0.4) is 0 Å². The van der Waals surface area contributed by atoms with Crippen molar-refractivity contribution in [3.8, 4) is 0 Å². The Balaban J connectivity index is 1.72. The minimum Gasteiger partial charge on any atom is -0.341 e. The molecule has 1 aromatic carbocycles. The average molecular weight is 364 g/mol. The highest BCUT2D eigenvalue weighted by Gasteiger charge is 2.29. The fourth-order valence-electron chi connectivity index (χ4n) is 2.95. The van der Waals surface area contributed by atoms with Crippen LogP contribution in [0.4, 0.5) is 0 Å². The summed E-state index contributed by atoms with van der Waals surface area (Å²) in [5.74, 6) is 0.303. The van der Waals surface area contributed by atoms with Gasteiger partial charge in [-0.2, -0.15) is 0 Å². The molecule has 2 aromatic rings. The summed E-state index contributed by atoms with van der Waals surface area (Å²) in [4.78, 5) is 16.0. The smallest absolute Gasteiger partial charge is 0.230 e. The summed E-state index contributed by atoms with van der Waals surface area (Å²) in [6.45, 7) is 0.669. The van der Waals surface area contributed by atoms with Crippen molar-refractivity contribution >= 4 is 33.2 Å². The maximum atomic E-state index is 12.8. The van der Waals surface area contributed by atoms with E-state index in [-0.39, 0.29) is 11.8 Å². The Labute approximate surface area is 137 Å². The molecule has 1 atom stereocenters. The molecule has 4 heteroatoms. The van der Waals surface area contributed by atoms with Gasteiger partial charge in [0, 0.05) is 22.9 Å². The summed E-state index contributed by atoms with van der Waals surface area (Å²) >= 11 is 5.23. The van der Waals surface area contributed by atoms with Crippen LogP contribution in [-0.4, -0.2) is 17.9 Å². The largest absolute Gasteiger partial charge is 0.341 e. The fourth-order valence-corrected chi connectivity index (χ4v) is 4.20. The number of carbonyl (C=O) groups excluding carboxylic acids is 1. The van der Waals surface area contributed by atoms with Crippen LogP contribution in [0.25, 0.3) is 0 Å². The number of amides is 1. The zero-order valence-corrected chi connectivity index (χ0v) is 14.4. The maximum absolute atomic E-state index is 12.8. The molecule has 0 fully saturated rings. The first-order chi connectivity index (χ1) is 10.1. The second kappa shape index (κ2) is 6.32. The normalized spacial score (nSPS) is 17.3. The van der Waals surface area contributed by atoms with E-state index in [0.29, 0.717) is 6.54 Å². The number of rotatable bonds is 3. The van der Waals surface area contributed by atoms with Crippen molar-refractivity contribution in [2.24, 2.45) is 0 Å². The number of halogens is 1. The molecule has 1 aliphatic rings. The lowest BCUT2D eigenvalue weighted by atomic mass is 9.87. The molecule has 3 rings (SSSR count). The monoisotopic (exact) mass is 363 g/mol. The van der Waals surface area contributed by atoms with Gasteiger partial charge < -0.3 is 4.90 Å². The van der Waals surface area contributed by atoms with Gasteiger partial charge in [0.15, 0.2) is 0 Å². The van der Waals surface area contributed by atoms with Gasteiger partial charge in [-0.1, -0.05) is 28.1 Å². The summed E-state index contributed by atoms with van der Waals surface area (Å²) in [6.07, 6.45) is 3.23. The van der Waals surface area contributed by atoms with Gasteiger partial charge >= 0.3 is 0 Å². The number of benzene rings is 1. The van der Waals surface area contributed by atoms with Gasteiger partial charge in [0.05, 0.1) is 5.92 Å². The molecular formula is C17H18BrNOS. The Morgan fingerprint density at radius 3 is 2.86 bits per heavy atom. The second-order valence-corrected chi connectivity index (χ2v) is 7.48. The van der Waals surface area contributed by atoms with E-state index in [1.165, 1.54) is 10.4 Å². The standard InChI is InChI=1S/C17H18BrNOS/c1-19(11-12-5-7-13(18)8-6-12)17(20)15-3-2-4-16-14(15)9-10-21-16/h5-10,15H,2-4,11H2,1H3. The van der Waals surface area contributed by atoms with Gasteiger partial charge in [-0.25, -0.2) is 0 Å². The summed E-state index contributed by atoms with van der Waals surface area (Å²) < 4.78 is 1.07. The number of thiophene rings is 1. The molecule has 0 saturated carbocycles. The third-order valence-corrected chi connectivity index (χ3v) is 5.58. The van der Waals surface area contributed by atoms with E-state index in [4.69, 9.17) is 0 Å². The van der Waals surface area contributed by atoms with E-state index in [2.05, 4.69) is 39.5 Å². The molecule has 21 heavy (non-hydrogen) atoms. The molecule has 0 radical (unpaired) electrons. The number of hydrogen-bond acceptors (Lipinski definition) is 2. The van der Waals surface area contributed by atoms with Gasteiger partial charge in [-0.3, -0.25) is 4.79 Å². The third-order valence-electron chi connectivity index (χ3n) is 4.06. The van der Waals surface area contributed by atoms with Crippen molar-refractivity contribution in [2.75, 3.05) is 7.05 Å². The maximum Gasteiger partial charge on any atom is 0.230 e. The molecule has 2 nitrogen and oxygen atoms in total. The molecule has 0 saturated heterocycles. The molecule has 110 valence electrons. The number of carbonyl (C=O) groups is 1. The van der Waals surface area contributed by atoms with E-state index in [9.17, 15) is 4.79 Å². The zero-order valence-electron chi connectivity index (χ0n) is 12.0. The van der Waals surface area contributed by atoms with Crippen molar-refractivity contribution in [2.45, 2.75) is 31.7 Å². The predicted octanol–water partition coefficient (Wildman–Crippen LogP) is 4.59. The summed E-state index contributed by atoms with van der Waals surface area (Å²) in [5, 5.41) is 2.12. The topological polar surface area (TPSA) is 20.3 Å². The van der Waals surface area contributed by atoms with Crippen molar-refractivity contribution < 1.29 is 4.79 Å². The highest BCUT2D eigenvalue weighted by Crippen LogP contribution is 2.36. The molecule has 0 bridgehead atoms. The van der Waals surface area contributed by atoms with Crippen LogP contribution in [0.2, 0.25) is 0 Å². The van der Waals surface area contributed by atoms with Gasteiger partial charge in [-0.05, 0) is 54.0 Å². The molecule has 1 heterocycles. The Morgan fingerprint density at radius 1 is 1.33 bits per heavy atom. The minimum absolute atomic E-state index is 0.0560. The summed E-state index contributed by atoms with van der Waals surface area (Å²) in [6, 6.07) is 10.3. The van der Waals surface area contributed by atoms with E-state index < -0.39 is 0 Å². The van der Waals surface area contributed by atoms with Gasteiger partial charge in [0.2, 0.25) is 5.91 Å². The molecule has 0 spiro atoms. The highest BCUT2D eigenvalue weighted by atomic mass is 79.9. The molecule has 1 unspecified atom stereocenters. The van der Waals surface area contributed by atoms with Crippen molar-refractivity contribution in [3.63, 3.8) is 0 Å². The fraction of sp³-hybridized carbons (Fsp3) is 0.353. The lowest BCUT2D eigenvalue weighted by molar-refractivity contribution is -0.132. The van der Waals surface area contributed by atoms with Crippen LogP contribution in [0.1, 0.15) is 34.8 Å². The van der Waals surface area contributed by atoms with Crippen LogP contribution in [0, 0.1) is 0 Å². The summed E-state index contributed by atoms with van der Waals surface area (Å²) in [7, 11) is 1.91.